The molecule has 0 saturated carbocycles. The topological polar surface area (TPSA) is 57.4 Å². The van der Waals surface area contributed by atoms with Crippen LogP contribution < -0.4 is 0 Å². The molecule has 20 heavy (non-hydrogen) atoms. The average molecular weight is 284 g/mol. The Labute approximate surface area is 122 Å². The van der Waals surface area contributed by atoms with Gasteiger partial charge in [0.15, 0.2) is 0 Å². The second-order valence-corrected chi connectivity index (χ2v) is 5.21. The molecule has 0 saturated heterocycles. The molecule has 3 aromatic rings. The van der Waals surface area contributed by atoms with Crippen molar-refractivity contribution in [3.8, 4) is 0 Å². The Morgan fingerprint density at radius 2 is 1.85 bits per heavy atom. The SMILES string of the molecule is CCc1[nH]c(Cc2nc3ccccc3[nH]2)nc(=S)c1C. The van der Waals surface area contributed by atoms with E-state index in [2.05, 4.69) is 26.9 Å². The number of fused-ring (bicyclic) bond motifs is 1. The fourth-order valence-electron chi connectivity index (χ4n) is 2.32. The summed E-state index contributed by atoms with van der Waals surface area (Å²) in [4.78, 5) is 15.7. The molecule has 1 aromatic carbocycles. The van der Waals surface area contributed by atoms with E-state index in [-0.39, 0.29) is 0 Å². The van der Waals surface area contributed by atoms with E-state index in [9.17, 15) is 0 Å². The molecule has 0 radical (unpaired) electrons. The number of benzene rings is 1. The number of aromatic nitrogens is 4. The molecule has 0 aliphatic carbocycles. The maximum atomic E-state index is 5.31. The summed E-state index contributed by atoms with van der Waals surface area (Å²) in [7, 11) is 0. The van der Waals surface area contributed by atoms with Gasteiger partial charge in [-0.1, -0.05) is 31.3 Å². The zero-order chi connectivity index (χ0) is 14.1. The van der Waals surface area contributed by atoms with Crippen LogP contribution in [-0.4, -0.2) is 19.9 Å². The van der Waals surface area contributed by atoms with Gasteiger partial charge in [0, 0.05) is 11.3 Å². The molecule has 0 aliphatic heterocycles. The molecule has 102 valence electrons. The third kappa shape index (κ3) is 2.36. The van der Waals surface area contributed by atoms with Gasteiger partial charge in [-0.3, -0.25) is 0 Å². The highest BCUT2D eigenvalue weighted by Gasteiger charge is 2.07. The van der Waals surface area contributed by atoms with Gasteiger partial charge < -0.3 is 9.97 Å². The summed E-state index contributed by atoms with van der Waals surface area (Å²) in [6.07, 6.45) is 1.55. The van der Waals surface area contributed by atoms with Crippen LogP contribution in [0, 0.1) is 11.6 Å². The Morgan fingerprint density at radius 3 is 2.60 bits per heavy atom. The van der Waals surface area contributed by atoms with E-state index in [0.717, 1.165) is 40.4 Å². The van der Waals surface area contributed by atoms with E-state index in [1.807, 2.05) is 31.2 Å². The quantitative estimate of drug-likeness (QED) is 0.724. The van der Waals surface area contributed by atoms with E-state index >= 15 is 0 Å². The summed E-state index contributed by atoms with van der Waals surface area (Å²) in [6.45, 7) is 4.12. The molecule has 5 heteroatoms. The number of H-pyrrole nitrogens is 2. The second-order valence-electron chi connectivity index (χ2n) is 4.82. The van der Waals surface area contributed by atoms with Crippen molar-refractivity contribution in [3.05, 3.63) is 51.8 Å². The molecule has 0 atom stereocenters. The highest BCUT2D eigenvalue weighted by atomic mass is 32.1. The fraction of sp³-hybridized carbons (Fsp3) is 0.267. The number of aromatic amines is 2. The minimum atomic E-state index is 0.631. The first kappa shape index (κ1) is 13.0. The van der Waals surface area contributed by atoms with Gasteiger partial charge >= 0.3 is 0 Å². The molecule has 0 spiro atoms. The van der Waals surface area contributed by atoms with Crippen molar-refractivity contribution < 1.29 is 0 Å². The van der Waals surface area contributed by atoms with Gasteiger partial charge in [0.1, 0.15) is 16.3 Å². The van der Waals surface area contributed by atoms with Crippen molar-refractivity contribution in [2.24, 2.45) is 0 Å². The number of hydrogen-bond acceptors (Lipinski definition) is 3. The van der Waals surface area contributed by atoms with Crippen molar-refractivity contribution in [2.45, 2.75) is 26.7 Å². The number of nitrogens with one attached hydrogen (secondary N) is 2. The monoisotopic (exact) mass is 284 g/mol. The summed E-state index contributed by atoms with van der Waals surface area (Å²) < 4.78 is 0.673. The minimum absolute atomic E-state index is 0.631. The van der Waals surface area contributed by atoms with Crippen LogP contribution in [-0.2, 0) is 12.8 Å². The van der Waals surface area contributed by atoms with Crippen molar-refractivity contribution in [1.82, 2.24) is 19.9 Å². The predicted molar refractivity (Wildman–Crippen MR) is 82.4 cm³/mol. The van der Waals surface area contributed by atoms with Gasteiger partial charge in [-0.25, -0.2) is 9.97 Å². The Bertz CT molecular complexity index is 783. The molecule has 0 aliphatic rings. The molecular weight excluding hydrogens is 268 g/mol. The summed E-state index contributed by atoms with van der Waals surface area (Å²) in [6, 6.07) is 8.00. The zero-order valence-corrected chi connectivity index (χ0v) is 12.3. The first-order valence-corrected chi connectivity index (χ1v) is 7.10. The first-order valence-electron chi connectivity index (χ1n) is 6.69. The maximum absolute atomic E-state index is 5.31. The number of para-hydroxylation sites is 2. The van der Waals surface area contributed by atoms with Crippen LogP contribution >= 0.6 is 12.2 Å². The molecule has 2 aromatic heterocycles. The predicted octanol–water partition coefficient (Wildman–Crippen LogP) is 3.48. The largest absolute Gasteiger partial charge is 0.347 e. The Hall–Kier alpha value is -2.01. The van der Waals surface area contributed by atoms with E-state index < -0.39 is 0 Å². The molecule has 4 nitrogen and oxygen atoms in total. The van der Waals surface area contributed by atoms with Gasteiger partial charge in [-0.15, -0.1) is 0 Å². The second kappa shape index (κ2) is 5.17. The smallest absolute Gasteiger partial charge is 0.132 e. The minimum Gasteiger partial charge on any atom is -0.347 e. The average Bonchev–Trinajstić information content (AvgIpc) is 2.84. The lowest BCUT2D eigenvalue weighted by atomic mass is 10.2. The van der Waals surface area contributed by atoms with Crippen molar-refractivity contribution in [3.63, 3.8) is 0 Å². The van der Waals surface area contributed by atoms with Crippen LogP contribution in [0.1, 0.15) is 29.8 Å². The standard InChI is InChI=1S/C15H16N4S/c1-3-10-9(2)15(20)19-14(16-10)8-13-17-11-6-4-5-7-12(11)18-13/h4-7H,3,8H2,1-2H3,(H,17,18)(H,16,19,20). The Morgan fingerprint density at radius 1 is 1.10 bits per heavy atom. The van der Waals surface area contributed by atoms with Crippen molar-refractivity contribution >= 4 is 23.3 Å². The lowest BCUT2D eigenvalue weighted by Gasteiger charge is -2.06. The van der Waals surface area contributed by atoms with E-state index in [1.54, 1.807) is 0 Å². The molecule has 2 heterocycles. The van der Waals surface area contributed by atoms with Gasteiger partial charge in [0.05, 0.1) is 17.5 Å². The molecule has 0 amide bonds. The lowest BCUT2D eigenvalue weighted by molar-refractivity contribution is 0.858. The summed E-state index contributed by atoms with van der Waals surface area (Å²) in [5, 5.41) is 0. The summed E-state index contributed by atoms with van der Waals surface area (Å²) in [5.41, 5.74) is 4.24. The third-order valence-corrected chi connectivity index (χ3v) is 3.83. The number of rotatable bonds is 3. The molecular formula is C15H16N4S. The Kier molecular flexibility index (Phi) is 3.36. The van der Waals surface area contributed by atoms with Crippen molar-refractivity contribution in [1.29, 1.82) is 0 Å². The van der Waals surface area contributed by atoms with E-state index in [1.165, 1.54) is 0 Å². The maximum Gasteiger partial charge on any atom is 0.132 e. The third-order valence-electron chi connectivity index (χ3n) is 3.43. The van der Waals surface area contributed by atoms with Gasteiger partial charge in [0.25, 0.3) is 0 Å². The lowest BCUT2D eigenvalue weighted by Crippen LogP contribution is -2.04. The Balaban J connectivity index is 1.98. The first-order chi connectivity index (χ1) is 9.67. The molecule has 3 rings (SSSR count). The molecule has 0 unspecified atom stereocenters. The summed E-state index contributed by atoms with van der Waals surface area (Å²) >= 11 is 5.31. The van der Waals surface area contributed by atoms with E-state index in [4.69, 9.17) is 12.2 Å². The van der Waals surface area contributed by atoms with E-state index in [0.29, 0.717) is 11.1 Å². The van der Waals surface area contributed by atoms with Gasteiger partial charge in [0.2, 0.25) is 0 Å². The molecule has 0 fully saturated rings. The van der Waals surface area contributed by atoms with Crippen LogP contribution in [0.4, 0.5) is 0 Å². The molecule has 2 N–H and O–H groups in total. The number of imidazole rings is 1. The number of nitrogens with zero attached hydrogens (tertiary/aromatic N) is 2. The highest BCUT2D eigenvalue weighted by Crippen LogP contribution is 2.13. The number of aryl methyl sites for hydroxylation is 1. The van der Waals surface area contributed by atoms with Gasteiger partial charge in [-0.2, -0.15) is 0 Å². The number of hydrogen-bond donors (Lipinski definition) is 2. The van der Waals surface area contributed by atoms with Crippen LogP contribution in [0.25, 0.3) is 11.0 Å². The van der Waals surface area contributed by atoms with Crippen LogP contribution in [0.15, 0.2) is 24.3 Å². The van der Waals surface area contributed by atoms with Crippen LogP contribution in [0.5, 0.6) is 0 Å². The zero-order valence-electron chi connectivity index (χ0n) is 11.5. The van der Waals surface area contributed by atoms with Crippen LogP contribution in [0.2, 0.25) is 0 Å². The highest BCUT2D eigenvalue weighted by molar-refractivity contribution is 7.71. The molecule has 0 bridgehead atoms. The van der Waals surface area contributed by atoms with Crippen molar-refractivity contribution in [2.75, 3.05) is 0 Å². The normalized spacial score (nSPS) is 11.1. The summed E-state index contributed by atoms with van der Waals surface area (Å²) in [5.74, 6) is 1.76. The van der Waals surface area contributed by atoms with Crippen LogP contribution in [0.3, 0.4) is 0 Å². The fourth-order valence-corrected chi connectivity index (χ4v) is 2.55. The van der Waals surface area contributed by atoms with Gasteiger partial charge in [-0.05, 0) is 25.5 Å².